The van der Waals surface area contributed by atoms with Crippen LogP contribution in [0.3, 0.4) is 0 Å². The van der Waals surface area contributed by atoms with Gasteiger partial charge in [-0.2, -0.15) is 0 Å². The van der Waals surface area contributed by atoms with E-state index in [2.05, 4.69) is 0 Å². The molecule has 39 heavy (non-hydrogen) atoms. The van der Waals surface area contributed by atoms with Crippen LogP contribution in [0.2, 0.25) is 0 Å². The summed E-state index contributed by atoms with van der Waals surface area (Å²) >= 11 is 0. The second-order valence-corrected chi connectivity index (χ2v) is 13.4. The Morgan fingerprint density at radius 2 is 1.23 bits per heavy atom. The molecule has 4 aromatic rings. The van der Waals surface area contributed by atoms with Gasteiger partial charge in [-0.15, -0.1) is 0 Å². The average Bonchev–Trinajstić information content (AvgIpc) is 3.15. The van der Waals surface area contributed by atoms with Crippen LogP contribution in [0.4, 0.5) is 5.69 Å². The number of fused-ring (bicyclic) bond motifs is 3. The molecule has 196 valence electrons. The number of para-hydroxylation sites is 1. The second-order valence-electron chi connectivity index (χ2n) is 10.7. The van der Waals surface area contributed by atoms with Gasteiger partial charge in [-0.1, -0.05) is 92.2 Å². The summed E-state index contributed by atoms with van der Waals surface area (Å²) in [5, 5.41) is -0.397. The number of aryl methyl sites for hydroxylation is 1. The van der Waals surface area contributed by atoms with Crippen LogP contribution in [0, 0.1) is 18.8 Å². The summed E-state index contributed by atoms with van der Waals surface area (Å²) in [6.45, 7) is 7.56. The van der Waals surface area contributed by atoms with Crippen molar-refractivity contribution >= 4 is 30.2 Å². The summed E-state index contributed by atoms with van der Waals surface area (Å²) in [4.78, 5) is 27.0. The van der Waals surface area contributed by atoms with Crippen molar-refractivity contribution in [3.8, 4) is 16.9 Å². The van der Waals surface area contributed by atoms with Gasteiger partial charge in [0.1, 0.15) is 10.9 Å². The third-order valence-corrected chi connectivity index (χ3v) is 11.7. The summed E-state index contributed by atoms with van der Waals surface area (Å²) < 4.78 is 22.1. The van der Waals surface area contributed by atoms with Gasteiger partial charge in [0.25, 0.3) is 7.37 Å². The van der Waals surface area contributed by atoms with Crippen molar-refractivity contribution in [3.05, 3.63) is 114 Å². The highest BCUT2D eigenvalue weighted by molar-refractivity contribution is 7.69. The van der Waals surface area contributed by atoms with Gasteiger partial charge in [0, 0.05) is 17.4 Å². The Bertz CT molecular complexity index is 1640. The lowest BCUT2D eigenvalue weighted by atomic mass is 9.91. The molecule has 2 aliphatic rings. The number of benzene rings is 4. The summed E-state index contributed by atoms with van der Waals surface area (Å²) in [7, 11) is -3.65. The number of hydrogen-bond donors (Lipinski definition) is 0. The van der Waals surface area contributed by atoms with E-state index in [1.165, 1.54) is 4.90 Å². The maximum absolute atomic E-state index is 15.5. The Morgan fingerprint density at radius 3 is 1.85 bits per heavy atom. The lowest BCUT2D eigenvalue weighted by Crippen LogP contribution is -2.34. The number of amides is 2. The molecule has 1 fully saturated rings. The van der Waals surface area contributed by atoms with Crippen molar-refractivity contribution in [2.75, 3.05) is 4.90 Å². The van der Waals surface area contributed by atoms with E-state index in [1.807, 2.05) is 98.8 Å². The molecule has 0 spiro atoms. The Balaban J connectivity index is 1.55. The highest BCUT2D eigenvalue weighted by Crippen LogP contribution is 2.68. The Labute approximate surface area is 228 Å². The summed E-state index contributed by atoms with van der Waals surface area (Å²) in [5.41, 5.74) is 5.05. The molecule has 5 nitrogen and oxygen atoms in total. The largest absolute Gasteiger partial charge is 0.438 e. The molecule has 0 aromatic heterocycles. The number of carbonyl (C=O) groups is 2. The van der Waals surface area contributed by atoms with Crippen molar-refractivity contribution in [2.24, 2.45) is 11.8 Å². The molecule has 2 heterocycles. The van der Waals surface area contributed by atoms with Gasteiger partial charge in [-0.25, -0.2) is 0 Å². The maximum atomic E-state index is 15.5. The zero-order valence-corrected chi connectivity index (χ0v) is 23.3. The lowest BCUT2D eigenvalue weighted by molar-refractivity contribution is -0.122. The van der Waals surface area contributed by atoms with E-state index < -0.39 is 12.5 Å². The van der Waals surface area contributed by atoms with E-state index in [4.69, 9.17) is 4.52 Å². The molecule has 2 amide bonds. The van der Waals surface area contributed by atoms with Crippen LogP contribution >= 0.6 is 7.37 Å². The molecule has 4 aromatic carbocycles. The quantitative estimate of drug-likeness (QED) is 0.207. The predicted octanol–water partition coefficient (Wildman–Crippen LogP) is 7.07. The van der Waals surface area contributed by atoms with Gasteiger partial charge in [-0.05, 0) is 54.8 Å². The van der Waals surface area contributed by atoms with Gasteiger partial charge >= 0.3 is 0 Å². The molecule has 4 atom stereocenters. The van der Waals surface area contributed by atoms with Crippen LogP contribution < -0.4 is 14.7 Å². The van der Waals surface area contributed by atoms with Crippen molar-refractivity contribution < 1.29 is 18.7 Å². The fourth-order valence-corrected chi connectivity index (χ4v) is 8.74. The molecule has 0 aliphatic carbocycles. The normalized spacial score (nSPS) is 23.5. The topological polar surface area (TPSA) is 63.7 Å². The second kappa shape index (κ2) is 9.07. The molecule has 0 bridgehead atoms. The van der Waals surface area contributed by atoms with Crippen LogP contribution in [0.5, 0.6) is 5.75 Å². The molecule has 6 heteroatoms. The van der Waals surface area contributed by atoms with Crippen LogP contribution in [-0.2, 0) is 19.3 Å². The lowest BCUT2D eigenvalue weighted by Gasteiger charge is -2.41. The standard InChI is InChI=1S/C33H30NO4P/c1-21-13-15-24(16-14-21)33(4,25-17-19-26(20-18-25)34-31(35)22(2)23(3)32(34)36)39(37)30-12-8-6-10-28(30)27-9-5-7-11-29(27)38-39/h5-20,22-23H,1-4H3. The number of anilines is 1. The molecule has 6 rings (SSSR count). The average molecular weight is 536 g/mol. The molecule has 0 saturated carbocycles. The highest BCUT2D eigenvalue weighted by Gasteiger charge is 2.54. The highest BCUT2D eigenvalue weighted by atomic mass is 31.2. The molecular formula is C33H30NO4P. The zero-order valence-electron chi connectivity index (χ0n) is 22.4. The molecule has 2 aliphatic heterocycles. The first-order chi connectivity index (χ1) is 18.7. The SMILES string of the molecule is Cc1ccc(C(C)(c2ccc(N3C(=O)C(C)C(C)C3=O)cc2)P2(=O)Oc3ccccc3-c3ccccc32)cc1. The number of hydrogen-bond acceptors (Lipinski definition) is 4. The zero-order chi connectivity index (χ0) is 27.5. The maximum Gasteiger partial charge on any atom is 0.292 e. The fourth-order valence-electron chi connectivity index (χ4n) is 5.76. The van der Waals surface area contributed by atoms with E-state index in [0.717, 1.165) is 27.8 Å². The molecule has 0 radical (unpaired) electrons. The third kappa shape index (κ3) is 3.64. The van der Waals surface area contributed by atoms with Crippen LogP contribution in [-0.4, -0.2) is 11.8 Å². The Morgan fingerprint density at radius 1 is 0.718 bits per heavy atom. The van der Waals surface area contributed by atoms with Crippen molar-refractivity contribution in [1.29, 1.82) is 0 Å². The monoisotopic (exact) mass is 535 g/mol. The minimum Gasteiger partial charge on any atom is -0.438 e. The van der Waals surface area contributed by atoms with E-state index in [-0.39, 0.29) is 23.7 Å². The van der Waals surface area contributed by atoms with Gasteiger partial charge in [0.15, 0.2) is 0 Å². The van der Waals surface area contributed by atoms with E-state index in [9.17, 15) is 9.59 Å². The predicted molar refractivity (Wildman–Crippen MR) is 155 cm³/mol. The van der Waals surface area contributed by atoms with Crippen molar-refractivity contribution in [2.45, 2.75) is 32.9 Å². The number of rotatable bonds is 4. The Kier molecular flexibility index (Phi) is 5.89. The first kappa shape index (κ1) is 25.3. The number of carbonyl (C=O) groups excluding carboxylic acids is 2. The van der Waals surface area contributed by atoms with Crippen molar-refractivity contribution in [1.82, 2.24) is 0 Å². The summed E-state index contributed by atoms with van der Waals surface area (Å²) in [6.07, 6.45) is 0. The third-order valence-electron chi connectivity index (χ3n) is 8.49. The molecular weight excluding hydrogens is 505 g/mol. The van der Waals surface area contributed by atoms with Gasteiger partial charge in [0.2, 0.25) is 11.8 Å². The Hall–Kier alpha value is -3.95. The molecule has 0 N–H and O–H groups in total. The van der Waals surface area contributed by atoms with Gasteiger partial charge in [0.05, 0.1) is 11.0 Å². The van der Waals surface area contributed by atoms with Crippen molar-refractivity contribution in [3.63, 3.8) is 0 Å². The van der Waals surface area contributed by atoms with Crippen LogP contribution in [0.15, 0.2) is 97.1 Å². The fraction of sp³-hybridized carbons (Fsp3) is 0.212. The minimum atomic E-state index is -3.65. The van der Waals surface area contributed by atoms with E-state index in [0.29, 0.717) is 16.7 Å². The number of nitrogens with zero attached hydrogens (tertiary/aromatic N) is 1. The van der Waals surface area contributed by atoms with Crippen LogP contribution in [0.25, 0.3) is 11.1 Å². The molecule has 1 saturated heterocycles. The van der Waals surface area contributed by atoms with Crippen LogP contribution in [0.1, 0.15) is 37.5 Å². The molecule has 4 unspecified atom stereocenters. The first-order valence-corrected chi connectivity index (χ1v) is 14.8. The summed E-state index contributed by atoms with van der Waals surface area (Å²) in [6, 6.07) is 30.8. The van der Waals surface area contributed by atoms with Gasteiger partial charge in [-0.3, -0.25) is 19.1 Å². The summed E-state index contributed by atoms with van der Waals surface area (Å²) in [5.74, 6) is -0.534. The van der Waals surface area contributed by atoms with Gasteiger partial charge < -0.3 is 4.52 Å². The number of imide groups is 1. The van der Waals surface area contributed by atoms with E-state index in [1.54, 1.807) is 26.0 Å². The van der Waals surface area contributed by atoms with E-state index >= 15 is 4.57 Å². The smallest absolute Gasteiger partial charge is 0.292 e. The minimum absolute atomic E-state index is 0.199. The first-order valence-electron chi connectivity index (χ1n) is 13.2.